The number of rotatable bonds is 0. The van der Waals surface area contributed by atoms with Gasteiger partial charge in [0.1, 0.15) is 0 Å². The molecule has 0 aromatic heterocycles. The van der Waals surface area contributed by atoms with Crippen LogP contribution in [0.5, 0.6) is 0 Å². The van der Waals surface area contributed by atoms with Gasteiger partial charge in [0.15, 0.2) is 5.78 Å². The number of carbonyl (C=O) groups is 1. The monoisotopic (exact) mass is 255 g/mol. The van der Waals surface area contributed by atoms with Gasteiger partial charge < -0.3 is 5.73 Å². The minimum absolute atomic E-state index is 0.0403. The molecule has 0 spiro atoms. The van der Waals surface area contributed by atoms with Crippen molar-refractivity contribution in [2.45, 2.75) is 39.2 Å². The SMILES string of the molecule is CC1=C(C)C2CCC(C1=O)C1=C2C=CC(C)(N)C=C1. The Morgan fingerprint density at radius 1 is 1.11 bits per heavy atom. The van der Waals surface area contributed by atoms with Crippen molar-refractivity contribution in [1.82, 2.24) is 0 Å². The van der Waals surface area contributed by atoms with Gasteiger partial charge in [-0.1, -0.05) is 29.9 Å². The van der Waals surface area contributed by atoms with Crippen LogP contribution in [0.3, 0.4) is 0 Å². The van der Waals surface area contributed by atoms with Crippen molar-refractivity contribution in [3.63, 3.8) is 0 Å². The number of hydrogen-bond donors (Lipinski definition) is 1. The summed E-state index contributed by atoms with van der Waals surface area (Å²) >= 11 is 0. The number of nitrogens with two attached hydrogens (primary N) is 1. The summed E-state index contributed by atoms with van der Waals surface area (Å²) in [6, 6.07) is 0. The van der Waals surface area contributed by atoms with E-state index in [1.165, 1.54) is 16.7 Å². The van der Waals surface area contributed by atoms with Crippen molar-refractivity contribution >= 4 is 5.78 Å². The molecule has 4 aliphatic carbocycles. The van der Waals surface area contributed by atoms with Crippen molar-refractivity contribution in [2.75, 3.05) is 0 Å². The quantitative estimate of drug-likeness (QED) is 0.723. The number of allylic oxidation sites excluding steroid dienone is 6. The van der Waals surface area contributed by atoms with Gasteiger partial charge in [-0.3, -0.25) is 4.79 Å². The molecule has 3 atom stereocenters. The summed E-state index contributed by atoms with van der Waals surface area (Å²) in [5, 5.41) is 0. The van der Waals surface area contributed by atoms with Crippen LogP contribution in [0, 0.1) is 11.8 Å². The molecule has 19 heavy (non-hydrogen) atoms. The van der Waals surface area contributed by atoms with Crippen LogP contribution in [0.2, 0.25) is 0 Å². The maximum atomic E-state index is 12.6. The molecule has 2 nitrogen and oxygen atoms in total. The lowest BCUT2D eigenvalue weighted by atomic mass is 9.76. The standard InChI is InChI=1S/C17H21NO/c1-10-11(2)16(19)15-5-4-12(10)13-6-8-17(3,18)9-7-14(13)15/h6-9,12,15H,4-5,18H2,1-3H3. The molecule has 0 radical (unpaired) electrons. The smallest absolute Gasteiger partial charge is 0.165 e. The summed E-state index contributed by atoms with van der Waals surface area (Å²) in [5.41, 5.74) is 10.5. The van der Waals surface area contributed by atoms with Crippen LogP contribution < -0.4 is 5.73 Å². The molecule has 3 unspecified atom stereocenters. The number of Topliss-reactive ketones (excluding diaryl/α,β-unsaturated/α-hetero) is 1. The molecule has 0 aromatic carbocycles. The third kappa shape index (κ3) is 1.86. The molecule has 2 bridgehead atoms. The maximum absolute atomic E-state index is 12.6. The van der Waals surface area contributed by atoms with Crippen LogP contribution in [0.15, 0.2) is 46.6 Å². The molecule has 0 heterocycles. The van der Waals surface area contributed by atoms with Gasteiger partial charge in [-0.2, -0.15) is 0 Å². The lowest BCUT2D eigenvalue weighted by molar-refractivity contribution is -0.118. The fraction of sp³-hybridized carbons (Fsp3) is 0.471. The highest BCUT2D eigenvalue weighted by molar-refractivity contribution is 6.01. The van der Waals surface area contributed by atoms with Crippen LogP contribution in [0.1, 0.15) is 33.6 Å². The Balaban J connectivity index is 2.19. The number of carbonyl (C=O) groups excluding carboxylic acids is 1. The van der Waals surface area contributed by atoms with Gasteiger partial charge in [-0.25, -0.2) is 0 Å². The highest BCUT2D eigenvalue weighted by atomic mass is 16.1. The van der Waals surface area contributed by atoms with Crippen LogP contribution >= 0.6 is 0 Å². The van der Waals surface area contributed by atoms with E-state index in [9.17, 15) is 4.79 Å². The van der Waals surface area contributed by atoms with Crippen molar-refractivity contribution in [3.05, 3.63) is 46.6 Å². The molecular weight excluding hydrogens is 234 g/mol. The normalized spacial score (nSPS) is 37.6. The second-order valence-corrected chi connectivity index (χ2v) is 6.30. The Morgan fingerprint density at radius 3 is 2.26 bits per heavy atom. The minimum Gasteiger partial charge on any atom is -0.319 e. The van der Waals surface area contributed by atoms with Crippen molar-refractivity contribution in [1.29, 1.82) is 0 Å². The summed E-state index contributed by atoms with van der Waals surface area (Å²) in [5.74, 6) is 0.745. The Kier molecular flexibility index (Phi) is 2.68. The summed E-state index contributed by atoms with van der Waals surface area (Å²) < 4.78 is 0. The van der Waals surface area contributed by atoms with E-state index in [-0.39, 0.29) is 5.92 Å². The van der Waals surface area contributed by atoms with E-state index in [1.807, 2.05) is 19.9 Å². The van der Waals surface area contributed by atoms with Crippen LogP contribution in [-0.4, -0.2) is 11.3 Å². The summed E-state index contributed by atoms with van der Waals surface area (Å²) in [6.07, 6.45) is 10.4. The third-order valence-electron chi connectivity index (χ3n) is 4.87. The minimum atomic E-state index is -0.415. The van der Waals surface area contributed by atoms with Crippen LogP contribution in [-0.2, 0) is 4.79 Å². The second-order valence-electron chi connectivity index (χ2n) is 6.30. The van der Waals surface area contributed by atoms with E-state index in [2.05, 4.69) is 25.2 Å². The Bertz CT molecular complexity index is 572. The first kappa shape index (κ1) is 12.6. The lowest BCUT2D eigenvalue weighted by Gasteiger charge is -2.27. The van der Waals surface area contributed by atoms with Crippen LogP contribution in [0.4, 0.5) is 0 Å². The average molecular weight is 255 g/mol. The molecule has 100 valence electrons. The molecule has 4 rings (SSSR count). The van der Waals surface area contributed by atoms with Crippen molar-refractivity contribution < 1.29 is 4.79 Å². The van der Waals surface area contributed by atoms with Gasteiger partial charge in [0, 0.05) is 11.8 Å². The molecule has 0 saturated heterocycles. The predicted octanol–water partition coefficient (Wildman–Crippen LogP) is 3.07. The first-order valence-electron chi connectivity index (χ1n) is 7.04. The highest BCUT2D eigenvalue weighted by Gasteiger charge is 2.38. The molecule has 4 aliphatic rings. The first-order valence-corrected chi connectivity index (χ1v) is 7.04. The maximum Gasteiger partial charge on any atom is 0.165 e. The molecule has 2 N–H and O–H groups in total. The highest BCUT2D eigenvalue weighted by Crippen LogP contribution is 2.46. The van der Waals surface area contributed by atoms with Gasteiger partial charge in [0.05, 0.1) is 5.54 Å². The fourth-order valence-corrected chi connectivity index (χ4v) is 3.50. The Labute approximate surface area is 114 Å². The van der Waals surface area contributed by atoms with E-state index in [0.29, 0.717) is 11.7 Å². The van der Waals surface area contributed by atoms with E-state index in [0.717, 1.165) is 18.4 Å². The first-order chi connectivity index (χ1) is 8.91. The zero-order chi connectivity index (χ0) is 13.8. The second kappa shape index (κ2) is 4.04. The fourth-order valence-electron chi connectivity index (χ4n) is 3.50. The van der Waals surface area contributed by atoms with Gasteiger partial charge >= 0.3 is 0 Å². The molecule has 0 aromatic rings. The molecular formula is C17H21NO. The number of hydrogen-bond acceptors (Lipinski definition) is 2. The number of fused-ring (bicyclic) bond motifs is 2. The van der Waals surface area contributed by atoms with Gasteiger partial charge in [-0.15, -0.1) is 0 Å². The molecule has 2 heteroatoms. The zero-order valence-electron chi connectivity index (χ0n) is 11.9. The average Bonchev–Trinajstić information content (AvgIpc) is 2.62. The Morgan fingerprint density at radius 2 is 1.63 bits per heavy atom. The van der Waals surface area contributed by atoms with E-state index in [1.54, 1.807) is 0 Å². The Hall–Kier alpha value is -1.41. The summed E-state index contributed by atoms with van der Waals surface area (Å²) in [4.78, 5) is 12.6. The molecule has 0 amide bonds. The molecule has 0 saturated carbocycles. The lowest BCUT2D eigenvalue weighted by Crippen LogP contribution is -2.30. The summed E-state index contributed by atoms with van der Waals surface area (Å²) in [6.45, 7) is 6.08. The number of ketones is 1. The van der Waals surface area contributed by atoms with Gasteiger partial charge in [0.2, 0.25) is 0 Å². The van der Waals surface area contributed by atoms with E-state index >= 15 is 0 Å². The van der Waals surface area contributed by atoms with E-state index < -0.39 is 5.54 Å². The van der Waals surface area contributed by atoms with Gasteiger partial charge in [0.25, 0.3) is 0 Å². The van der Waals surface area contributed by atoms with E-state index in [4.69, 9.17) is 5.73 Å². The van der Waals surface area contributed by atoms with Crippen molar-refractivity contribution in [3.8, 4) is 0 Å². The topological polar surface area (TPSA) is 43.1 Å². The molecule has 0 fully saturated rings. The largest absolute Gasteiger partial charge is 0.319 e. The third-order valence-corrected chi connectivity index (χ3v) is 4.87. The predicted molar refractivity (Wildman–Crippen MR) is 77.5 cm³/mol. The molecule has 0 aliphatic heterocycles. The van der Waals surface area contributed by atoms with Gasteiger partial charge in [-0.05, 0) is 50.3 Å². The zero-order valence-corrected chi connectivity index (χ0v) is 11.9. The van der Waals surface area contributed by atoms with Crippen molar-refractivity contribution in [2.24, 2.45) is 17.6 Å². The summed E-state index contributed by atoms with van der Waals surface area (Å²) in [7, 11) is 0. The van der Waals surface area contributed by atoms with Crippen LogP contribution in [0.25, 0.3) is 0 Å².